The van der Waals surface area contributed by atoms with Gasteiger partial charge in [0.05, 0.1) is 17.6 Å². The van der Waals surface area contributed by atoms with Gasteiger partial charge in [0.1, 0.15) is 10.9 Å². The molecular weight excluding hydrogens is 526 g/mol. The Hall–Kier alpha value is -3.76. The second-order valence-corrected chi connectivity index (χ2v) is 12.1. The van der Waals surface area contributed by atoms with Gasteiger partial charge < -0.3 is 16.0 Å². The summed E-state index contributed by atoms with van der Waals surface area (Å²) in [6.07, 6.45) is 4.76. The van der Waals surface area contributed by atoms with E-state index in [-0.39, 0.29) is 16.5 Å². The number of nitrogens with zero attached hydrogens (tertiary/aromatic N) is 2. The van der Waals surface area contributed by atoms with Crippen molar-refractivity contribution in [3.05, 3.63) is 72.6 Å². The molecule has 9 nitrogen and oxygen atoms in total. The van der Waals surface area contributed by atoms with Crippen molar-refractivity contribution in [1.29, 1.82) is 0 Å². The number of nitrogens with two attached hydrogens (primary N) is 1. The lowest BCUT2D eigenvalue weighted by Gasteiger charge is -2.33. The van der Waals surface area contributed by atoms with Gasteiger partial charge in [-0.1, -0.05) is 49.4 Å². The van der Waals surface area contributed by atoms with E-state index >= 15 is 0 Å². The molecule has 2 amide bonds. The second-order valence-electron chi connectivity index (χ2n) is 10.4. The number of carbonyl (C=O) groups excluding carboxylic acids is 2. The number of nitrogens with one attached hydrogen (secondary N) is 2. The molecule has 0 spiro atoms. The van der Waals surface area contributed by atoms with E-state index in [1.807, 2.05) is 36.4 Å². The minimum absolute atomic E-state index is 0.0886. The fourth-order valence-electron chi connectivity index (χ4n) is 4.92. The summed E-state index contributed by atoms with van der Waals surface area (Å²) in [6.45, 7) is 4.68. The number of amides is 2. The number of hydrogen-bond donors (Lipinski definition) is 3. The third-order valence-electron chi connectivity index (χ3n) is 7.17. The molecule has 0 saturated carbocycles. The number of para-hydroxylation sites is 1. The monoisotopic (exact) mass is 563 g/mol. The van der Waals surface area contributed by atoms with Gasteiger partial charge in [-0.2, -0.15) is 4.72 Å². The summed E-state index contributed by atoms with van der Waals surface area (Å²) >= 11 is 0. The largest absolute Gasteiger partial charge is 0.397 e. The van der Waals surface area contributed by atoms with Crippen molar-refractivity contribution in [3.8, 4) is 11.1 Å². The number of sulfonamides is 1. The third-order valence-corrected chi connectivity index (χ3v) is 8.68. The Morgan fingerprint density at radius 2 is 1.77 bits per heavy atom. The zero-order chi connectivity index (χ0) is 28.7. The first-order chi connectivity index (χ1) is 19.1. The number of anilines is 2. The quantitative estimate of drug-likeness (QED) is 0.338. The molecule has 10 heteroatoms. The molecule has 1 aliphatic rings. The summed E-state index contributed by atoms with van der Waals surface area (Å²) in [7, 11) is -4.21. The van der Waals surface area contributed by atoms with E-state index in [9.17, 15) is 18.0 Å². The van der Waals surface area contributed by atoms with Crippen molar-refractivity contribution >= 4 is 33.2 Å². The van der Waals surface area contributed by atoms with Crippen molar-refractivity contribution in [3.63, 3.8) is 0 Å². The van der Waals surface area contributed by atoms with Crippen molar-refractivity contribution < 1.29 is 18.0 Å². The van der Waals surface area contributed by atoms with Crippen molar-refractivity contribution in [2.45, 2.75) is 56.9 Å². The molecule has 1 unspecified atom stereocenters. The molecule has 2 heterocycles. The summed E-state index contributed by atoms with van der Waals surface area (Å²) < 4.78 is 30.5. The van der Waals surface area contributed by atoms with Crippen LogP contribution in [0.25, 0.3) is 11.1 Å². The Kier molecular flexibility index (Phi) is 9.54. The number of benzene rings is 2. The summed E-state index contributed by atoms with van der Waals surface area (Å²) in [5.41, 5.74) is 8.63. The molecule has 1 fully saturated rings. The van der Waals surface area contributed by atoms with E-state index < -0.39 is 22.0 Å². The highest BCUT2D eigenvalue weighted by molar-refractivity contribution is 7.89. The molecule has 0 radical (unpaired) electrons. The molecule has 0 aliphatic carbocycles. The number of aryl methyl sites for hydroxylation is 1. The highest BCUT2D eigenvalue weighted by Crippen LogP contribution is 2.34. The highest BCUT2D eigenvalue weighted by Gasteiger charge is 2.32. The number of piperidine rings is 1. The number of nitrogen functional groups attached to an aromatic ring is 1. The van der Waals surface area contributed by atoms with Gasteiger partial charge in [-0.05, 0) is 61.8 Å². The number of aromatic nitrogens is 1. The minimum Gasteiger partial charge on any atom is -0.397 e. The first-order valence-electron chi connectivity index (χ1n) is 13.6. The molecule has 40 heavy (non-hydrogen) atoms. The second kappa shape index (κ2) is 13.1. The minimum atomic E-state index is -4.21. The molecular formula is C30H37N5O4S. The SMILES string of the molecule is CC(=O)Nc1c(-c2ccccc2)cccc1S(=O)(=O)NC(CCCc1ccc(N)cn1)C(=O)N1CCC(C)CC1. The molecule has 0 bridgehead atoms. The van der Waals surface area contributed by atoms with Gasteiger partial charge >= 0.3 is 0 Å². The van der Waals surface area contributed by atoms with Gasteiger partial charge in [-0.3, -0.25) is 14.6 Å². The zero-order valence-electron chi connectivity index (χ0n) is 23.0. The summed E-state index contributed by atoms with van der Waals surface area (Å²) in [6, 6.07) is 16.7. The van der Waals surface area contributed by atoms with E-state index in [0.29, 0.717) is 49.5 Å². The van der Waals surface area contributed by atoms with Crippen LogP contribution in [0, 0.1) is 5.92 Å². The van der Waals surface area contributed by atoms with Crippen LogP contribution in [0.3, 0.4) is 0 Å². The first kappa shape index (κ1) is 29.2. The van der Waals surface area contributed by atoms with Crippen molar-refractivity contribution in [1.82, 2.24) is 14.6 Å². The maximum Gasteiger partial charge on any atom is 0.243 e. The van der Waals surface area contributed by atoms with Crippen LogP contribution >= 0.6 is 0 Å². The zero-order valence-corrected chi connectivity index (χ0v) is 23.8. The maximum absolute atomic E-state index is 13.9. The average Bonchev–Trinajstić information content (AvgIpc) is 2.94. The molecule has 1 saturated heterocycles. The van der Waals surface area contributed by atoms with Crippen molar-refractivity contribution in [2.75, 3.05) is 24.1 Å². The predicted octanol–water partition coefficient (Wildman–Crippen LogP) is 4.22. The third kappa shape index (κ3) is 7.45. The highest BCUT2D eigenvalue weighted by atomic mass is 32.2. The molecule has 212 valence electrons. The van der Waals surface area contributed by atoms with Crippen LogP contribution < -0.4 is 15.8 Å². The normalized spacial score (nSPS) is 15.0. The maximum atomic E-state index is 13.9. The van der Waals surface area contributed by atoms with Crippen LogP contribution in [0.5, 0.6) is 0 Å². The Morgan fingerprint density at radius 1 is 1.05 bits per heavy atom. The molecule has 3 aromatic rings. The number of pyridine rings is 1. The number of hydrogen-bond acceptors (Lipinski definition) is 6. The van der Waals surface area contributed by atoms with Gasteiger partial charge in [-0.25, -0.2) is 8.42 Å². The van der Waals surface area contributed by atoms with Crippen LogP contribution in [-0.2, 0) is 26.0 Å². The number of rotatable bonds is 10. The van der Waals surface area contributed by atoms with Gasteiger partial charge in [0, 0.05) is 31.3 Å². The Balaban J connectivity index is 1.63. The molecule has 1 atom stereocenters. The lowest BCUT2D eigenvalue weighted by molar-refractivity contribution is -0.134. The predicted molar refractivity (Wildman–Crippen MR) is 157 cm³/mol. The van der Waals surface area contributed by atoms with E-state index in [2.05, 4.69) is 21.9 Å². The number of carbonyl (C=O) groups is 2. The molecule has 1 aromatic heterocycles. The van der Waals surface area contributed by atoms with Gasteiger partial charge in [-0.15, -0.1) is 0 Å². The van der Waals surface area contributed by atoms with Crippen LogP contribution in [0.4, 0.5) is 11.4 Å². The van der Waals surface area contributed by atoms with E-state index in [1.165, 1.54) is 13.0 Å². The van der Waals surface area contributed by atoms with Crippen LogP contribution in [0.1, 0.15) is 45.2 Å². The topological polar surface area (TPSA) is 134 Å². The van der Waals surface area contributed by atoms with Gasteiger partial charge in [0.15, 0.2) is 0 Å². The van der Waals surface area contributed by atoms with Crippen LogP contribution in [0.15, 0.2) is 71.8 Å². The number of likely N-dealkylation sites (tertiary alicyclic amines) is 1. The lowest BCUT2D eigenvalue weighted by Crippen LogP contribution is -2.50. The molecule has 4 rings (SSSR count). The van der Waals surface area contributed by atoms with Crippen LogP contribution in [-0.4, -0.2) is 49.2 Å². The Labute approximate surface area is 236 Å². The fourth-order valence-corrected chi connectivity index (χ4v) is 6.33. The summed E-state index contributed by atoms with van der Waals surface area (Å²) in [4.78, 5) is 31.8. The van der Waals surface area contributed by atoms with Crippen molar-refractivity contribution in [2.24, 2.45) is 5.92 Å². The Bertz CT molecular complexity index is 1420. The van der Waals surface area contributed by atoms with E-state index in [1.54, 1.807) is 29.3 Å². The van der Waals surface area contributed by atoms with Gasteiger partial charge in [0.2, 0.25) is 21.8 Å². The first-order valence-corrected chi connectivity index (χ1v) is 15.1. The van der Waals surface area contributed by atoms with E-state index in [0.717, 1.165) is 24.1 Å². The smallest absolute Gasteiger partial charge is 0.243 e. The molecule has 4 N–H and O–H groups in total. The van der Waals surface area contributed by atoms with Gasteiger partial charge in [0.25, 0.3) is 0 Å². The average molecular weight is 564 g/mol. The standard InChI is InChI=1S/C30H37N5O4S/c1-21-16-18-35(19-17-21)30(37)27(12-6-10-25-15-14-24(31)20-32-25)34-40(38,39)28-13-7-11-26(29(28)33-22(2)36)23-8-4-3-5-9-23/h3-5,7-9,11,13-15,20-21,27,34H,6,10,12,16-19,31H2,1-2H3,(H,33,36). The van der Waals surface area contributed by atoms with Crippen LogP contribution in [0.2, 0.25) is 0 Å². The summed E-state index contributed by atoms with van der Waals surface area (Å²) in [5.74, 6) is -0.108. The van der Waals surface area contributed by atoms with E-state index in [4.69, 9.17) is 5.73 Å². The summed E-state index contributed by atoms with van der Waals surface area (Å²) in [5, 5.41) is 2.71. The molecule has 1 aliphatic heterocycles. The Morgan fingerprint density at radius 3 is 2.42 bits per heavy atom. The lowest BCUT2D eigenvalue weighted by atomic mass is 9.98. The molecule has 2 aromatic carbocycles. The fraction of sp³-hybridized carbons (Fsp3) is 0.367.